The second-order valence-corrected chi connectivity index (χ2v) is 5.01. The Bertz CT molecular complexity index is 359. The summed E-state index contributed by atoms with van der Waals surface area (Å²) in [6.45, 7) is 6.97. The number of nitrogens with one attached hydrogen (secondary N) is 1. The normalized spacial score (nSPS) is 13.1. The molecule has 0 rings (SSSR count). The quantitative estimate of drug-likeness (QED) is 0.629. The molecule has 0 aromatic rings. The molecular weight excluding hydrogens is 276 g/mol. The summed E-state index contributed by atoms with van der Waals surface area (Å²) in [6.07, 6.45) is 0.897. The molecule has 0 saturated heterocycles. The minimum atomic E-state index is -1.16. The number of rotatable bonds is 9. The van der Waals surface area contributed by atoms with E-state index in [2.05, 4.69) is 10.1 Å². The lowest BCUT2D eigenvalue weighted by atomic mass is 10.1. The number of methoxy groups -OCH3 is 1. The monoisotopic (exact) mass is 302 g/mol. The first-order valence-corrected chi connectivity index (χ1v) is 7.20. The fraction of sp³-hybridized carbons (Fsp3) is 0.786. The van der Waals surface area contributed by atoms with Crippen molar-refractivity contribution in [3.63, 3.8) is 0 Å². The van der Waals surface area contributed by atoms with Gasteiger partial charge in [-0.25, -0.2) is 9.59 Å². The average molecular weight is 302 g/mol. The lowest BCUT2D eigenvalue weighted by Crippen LogP contribution is -2.49. The topological polar surface area (TPSA) is 95.9 Å². The first-order chi connectivity index (χ1) is 9.85. The summed E-state index contributed by atoms with van der Waals surface area (Å²) in [5.41, 5.74) is 0. The van der Waals surface area contributed by atoms with Crippen LogP contribution in [-0.2, 0) is 14.3 Å². The van der Waals surface area contributed by atoms with E-state index in [4.69, 9.17) is 5.11 Å². The van der Waals surface area contributed by atoms with Crippen molar-refractivity contribution in [1.29, 1.82) is 0 Å². The second-order valence-electron chi connectivity index (χ2n) is 5.01. The number of esters is 1. The molecule has 0 radical (unpaired) electrons. The van der Waals surface area contributed by atoms with Gasteiger partial charge in [-0.15, -0.1) is 0 Å². The van der Waals surface area contributed by atoms with Gasteiger partial charge in [0.15, 0.2) is 0 Å². The van der Waals surface area contributed by atoms with Crippen LogP contribution in [-0.4, -0.2) is 54.2 Å². The largest absolute Gasteiger partial charge is 0.480 e. The van der Waals surface area contributed by atoms with Crippen molar-refractivity contribution < 1.29 is 24.2 Å². The van der Waals surface area contributed by atoms with Gasteiger partial charge in [-0.05, 0) is 19.3 Å². The van der Waals surface area contributed by atoms with E-state index in [9.17, 15) is 14.4 Å². The van der Waals surface area contributed by atoms with Gasteiger partial charge in [0.1, 0.15) is 6.04 Å². The highest BCUT2D eigenvalue weighted by molar-refractivity contribution is 5.83. The second kappa shape index (κ2) is 10.0. The Morgan fingerprint density at radius 1 is 1.29 bits per heavy atom. The van der Waals surface area contributed by atoms with E-state index in [1.54, 1.807) is 4.90 Å². The third-order valence-corrected chi connectivity index (χ3v) is 3.36. The Morgan fingerprint density at radius 3 is 2.33 bits per heavy atom. The summed E-state index contributed by atoms with van der Waals surface area (Å²) in [7, 11) is 1.24. The van der Waals surface area contributed by atoms with E-state index in [-0.39, 0.29) is 12.8 Å². The maximum Gasteiger partial charge on any atom is 0.326 e. The van der Waals surface area contributed by atoms with Crippen LogP contribution >= 0.6 is 0 Å². The molecule has 21 heavy (non-hydrogen) atoms. The first-order valence-electron chi connectivity index (χ1n) is 7.20. The minimum Gasteiger partial charge on any atom is -0.480 e. The molecule has 0 aromatic carbocycles. The number of ether oxygens (including phenoxy) is 1. The molecule has 0 fully saturated rings. The number of amides is 2. The number of carboxylic acids is 1. The van der Waals surface area contributed by atoms with Gasteiger partial charge >= 0.3 is 18.0 Å². The van der Waals surface area contributed by atoms with E-state index < -0.39 is 24.0 Å². The van der Waals surface area contributed by atoms with Gasteiger partial charge in [0.05, 0.1) is 7.11 Å². The molecule has 0 spiro atoms. The van der Waals surface area contributed by atoms with Crippen molar-refractivity contribution in [2.24, 2.45) is 5.92 Å². The van der Waals surface area contributed by atoms with Crippen LogP contribution in [0.5, 0.6) is 0 Å². The van der Waals surface area contributed by atoms with Crippen LogP contribution < -0.4 is 5.32 Å². The molecule has 0 heterocycles. The van der Waals surface area contributed by atoms with Crippen molar-refractivity contribution in [3.8, 4) is 0 Å². The molecule has 1 unspecified atom stereocenters. The van der Waals surface area contributed by atoms with Crippen LogP contribution in [0.4, 0.5) is 4.79 Å². The number of nitrogens with zero attached hydrogens (tertiary/aromatic N) is 1. The lowest BCUT2D eigenvalue weighted by molar-refractivity contribution is -0.142. The molecular formula is C14H26N2O5. The summed E-state index contributed by atoms with van der Waals surface area (Å²) >= 11 is 0. The maximum absolute atomic E-state index is 12.1. The van der Waals surface area contributed by atoms with Crippen molar-refractivity contribution in [2.75, 3.05) is 20.2 Å². The number of carboxylic acid groups (broad SMARTS) is 1. The molecule has 2 atom stereocenters. The summed E-state index contributed by atoms with van der Waals surface area (Å²) in [6, 6.07) is -1.52. The lowest BCUT2D eigenvalue weighted by Gasteiger charge is -2.26. The number of hydrogen-bond donors (Lipinski definition) is 2. The molecule has 0 aliphatic carbocycles. The molecule has 122 valence electrons. The number of urea groups is 1. The fourth-order valence-electron chi connectivity index (χ4n) is 1.72. The highest BCUT2D eigenvalue weighted by Gasteiger charge is 2.24. The molecule has 0 bridgehead atoms. The standard InChI is InChI=1S/C14H26N2O5/c1-5-10(3)9-16(6-2)14(20)15-11(13(18)19)7-8-12(17)21-4/h10-11H,5-9H2,1-4H3,(H,15,20)(H,18,19)/t10?,11-/m1/s1. The Balaban J connectivity index is 4.56. The molecule has 0 saturated carbocycles. The molecule has 0 aliphatic heterocycles. The highest BCUT2D eigenvalue weighted by Crippen LogP contribution is 2.06. The Labute approximate surface area is 125 Å². The van der Waals surface area contributed by atoms with Crippen LogP contribution in [0, 0.1) is 5.92 Å². The van der Waals surface area contributed by atoms with Gasteiger partial charge in [0.25, 0.3) is 0 Å². The minimum absolute atomic E-state index is 0.00856. The Morgan fingerprint density at radius 2 is 1.90 bits per heavy atom. The fourth-order valence-corrected chi connectivity index (χ4v) is 1.72. The van der Waals surface area contributed by atoms with Gasteiger partial charge in [0, 0.05) is 19.5 Å². The zero-order chi connectivity index (χ0) is 16.4. The number of hydrogen-bond acceptors (Lipinski definition) is 4. The van der Waals surface area contributed by atoms with Crippen molar-refractivity contribution in [3.05, 3.63) is 0 Å². The molecule has 2 N–H and O–H groups in total. The van der Waals surface area contributed by atoms with Gasteiger partial charge in [0.2, 0.25) is 0 Å². The predicted octanol–water partition coefficient (Wildman–Crippen LogP) is 1.47. The molecule has 7 nitrogen and oxygen atoms in total. The molecule has 2 amide bonds. The van der Waals surface area contributed by atoms with Crippen LogP contribution in [0.1, 0.15) is 40.0 Å². The zero-order valence-corrected chi connectivity index (χ0v) is 13.2. The third-order valence-electron chi connectivity index (χ3n) is 3.36. The van der Waals surface area contributed by atoms with Crippen molar-refractivity contribution in [1.82, 2.24) is 10.2 Å². The summed E-state index contributed by atoms with van der Waals surface area (Å²) in [5.74, 6) is -1.32. The van der Waals surface area contributed by atoms with Gasteiger partial charge in [-0.3, -0.25) is 4.79 Å². The average Bonchev–Trinajstić information content (AvgIpc) is 2.47. The maximum atomic E-state index is 12.1. The van der Waals surface area contributed by atoms with E-state index in [0.717, 1.165) is 6.42 Å². The zero-order valence-electron chi connectivity index (χ0n) is 13.2. The Kier molecular flexibility index (Phi) is 9.16. The molecule has 0 aromatic heterocycles. The smallest absolute Gasteiger partial charge is 0.326 e. The van der Waals surface area contributed by atoms with Crippen LogP contribution in [0.2, 0.25) is 0 Å². The van der Waals surface area contributed by atoms with E-state index >= 15 is 0 Å². The molecule has 7 heteroatoms. The SMILES string of the molecule is CCC(C)CN(CC)C(=O)N[C@H](CCC(=O)OC)C(=O)O. The number of aliphatic carboxylic acids is 1. The number of carbonyl (C=O) groups is 3. The van der Waals surface area contributed by atoms with Gasteiger partial charge in [-0.2, -0.15) is 0 Å². The third kappa shape index (κ3) is 7.53. The van der Waals surface area contributed by atoms with Crippen LogP contribution in [0.3, 0.4) is 0 Å². The van der Waals surface area contributed by atoms with Crippen LogP contribution in [0.25, 0.3) is 0 Å². The Hall–Kier alpha value is -1.79. The first kappa shape index (κ1) is 19.2. The van der Waals surface area contributed by atoms with E-state index in [1.807, 2.05) is 20.8 Å². The van der Waals surface area contributed by atoms with Crippen molar-refractivity contribution >= 4 is 18.0 Å². The van der Waals surface area contributed by atoms with Crippen LogP contribution in [0.15, 0.2) is 0 Å². The summed E-state index contributed by atoms with van der Waals surface area (Å²) in [4.78, 5) is 35.9. The summed E-state index contributed by atoms with van der Waals surface area (Å²) in [5, 5.41) is 11.6. The molecule has 0 aliphatic rings. The van der Waals surface area contributed by atoms with Crippen molar-refractivity contribution in [2.45, 2.75) is 46.1 Å². The summed E-state index contributed by atoms with van der Waals surface area (Å²) < 4.78 is 4.47. The van der Waals surface area contributed by atoms with E-state index in [0.29, 0.717) is 19.0 Å². The highest BCUT2D eigenvalue weighted by atomic mass is 16.5. The number of carbonyl (C=O) groups excluding carboxylic acids is 2. The van der Waals surface area contributed by atoms with E-state index in [1.165, 1.54) is 7.11 Å². The predicted molar refractivity (Wildman–Crippen MR) is 77.9 cm³/mol. The van der Waals surface area contributed by atoms with Gasteiger partial charge in [-0.1, -0.05) is 20.3 Å². The van der Waals surface area contributed by atoms with Gasteiger partial charge < -0.3 is 20.1 Å².